The normalized spacial score (nSPS) is 18.9. The third kappa shape index (κ3) is 5.66. The van der Waals surface area contributed by atoms with E-state index in [4.69, 9.17) is 40.9 Å². The predicted octanol–water partition coefficient (Wildman–Crippen LogP) is 2.99. The van der Waals surface area contributed by atoms with E-state index in [9.17, 15) is 0 Å². The van der Waals surface area contributed by atoms with Crippen molar-refractivity contribution in [3.05, 3.63) is 47.0 Å². The van der Waals surface area contributed by atoms with Crippen LogP contribution in [0.3, 0.4) is 0 Å². The first-order valence-electron chi connectivity index (χ1n) is 11.3. The monoisotopic (exact) mass is 489 g/mol. The highest BCUT2D eigenvalue weighted by molar-refractivity contribution is 6.30. The zero-order chi connectivity index (χ0) is 24.1. The molecule has 2 aromatic rings. The lowest BCUT2D eigenvalue weighted by molar-refractivity contribution is -0.159. The van der Waals surface area contributed by atoms with E-state index >= 15 is 0 Å². The van der Waals surface area contributed by atoms with Gasteiger partial charge in [0.1, 0.15) is 13.2 Å². The number of nitrogens with zero attached hydrogens (tertiary/aromatic N) is 2. The maximum absolute atomic E-state index is 9.10. The Labute approximate surface area is 202 Å². The van der Waals surface area contributed by atoms with Crippen LogP contribution in [0, 0.1) is 0 Å². The van der Waals surface area contributed by atoms with Crippen LogP contribution in [0.4, 0.5) is 11.4 Å². The number of carbonyl (C=O) groups is 2. The molecule has 0 aromatic heterocycles. The van der Waals surface area contributed by atoms with Gasteiger partial charge in [0, 0.05) is 49.4 Å². The van der Waals surface area contributed by atoms with Crippen molar-refractivity contribution < 1.29 is 29.3 Å². The van der Waals surface area contributed by atoms with E-state index in [1.807, 2.05) is 18.2 Å². The molecule has 1 fully saturated rings. The van der Waals surface area contributed by atoms with Crippen molar-refractivity contribution in [3.63, 3.8) is 0 Å². The van der Waals surface area contributed by atoms with Crippen LogP contribution >= 0.6 is 11.6 Å². The fourth-order valence-corrected chi connectivity index (χ4v) is 4.67. The van der Waals surface area contributed by atoms with Crippen LogP contribution in [0.2, 0.25) is 5.02 Å². The molecular formula is C24H28ClN3O6. The van der Waals surface area contributed by atoms with Gasteiger partial charge in [0.15, 0.2) is 11.5 Å². The number of rotatable bonds is 4. The number of nitrogens with one attached hydrogen (secondary N) is 1. The number of benzene rings is 2. The number of ether oxygens (including phenoxy) is 2. The molecule has 1 atom stereocenters. The number of carboxylic acids is 2. The van der Waals surface area contributed by atoms with E-state index in [2.05, 4.69) is 33.3 Å². The molecule has 5 rings (SSSR count). The zero-order valence-corrected chi connectivity index (χ0v) is 19.5. The molecule has 3 aliphatic heterocycles. The van der Waals surface area contributed by atoms with Crippen molar-refractivity contribution in [2.24, 2.45) is 0 Å². The maximum Gasteiger partial charge on any atom is 0.414 e. The van der Waals surface area contributed by atoms with E-state index in [0.29, 0.717) is 19.1 Å². The summed E-state index contributed by atoms with van der Waals surface area (Å²) in [5.41, 5.74) is 3.79. The molecule has 0 spiro atoms. The van der Waals surface area contributed by atoms with Crippen LogP contribution in [0.25, 0.3) is 0 Å². The van der Waals surface area contributed by atoms with Crippen molar-refractivity contribution in [1.29, 1.82) is 0 Å². The third-order valence-electron chi connectivity index (χ3n) is 6.23. The topological polar surface area (TPSA) is 112 Å². The van der Waals surface area contributed by atoms with Gasteiger partial charge in [0.2, 0.25) is 0 Å². The minimum atomic E-state index is -1.82. The first kappa shape index (κ1) is 24.0. The molecule has 3 N–H and O–H groups in total. The van der Waals surface area contributed by atoms with Crippen LogP contribution < -0.4 is 19.7 Å². The second-order valence-corrected chi connectivity index (χ2v) is 8.77. The Hall–Kier alpha value is -3.17. The number of piperazine rings is 1. The highest BCUT2D eigenvalue weighted by Crippen LogP contribution is 2.40. The van der Waals surface area contributed by atoms with Crippen LogP contribution in [0.1, 0.15) is 17.9 Å². The average Bonchev–Trinajstić information content (AvgIpc) is 3.25. The second-order valence-electron chi connectivity index (χ2n) is 8.34. The smallest absolute Gasteiger partial charge is 0.414 e. The van der Waals surface area contributed by atoms with E-state index in [1.54, 1.807) is 0 Å². The molecule has 3 aliphatic rings. The molecule has 1 unspecified atom stereocenters. The third-order valence-corrected chi connectivity index (χ3v) is 6.46. The molecule has 182 valence electrons. The summed E-state index contributed by atoms with van der Waals surface area (Å²) in [7, 11) is 0. The van der Waals surface area contributed by atoms with Gasteiger partial charge in [-0.15, -0.1) is 0 Å². The van der Waals surface area contributed by atoms with Gasteiger partial charge < -0.3 is 29.9 Å². The van der Waals surface area contributed by atoms with Gasteiger partial charge in [0.05, 0.1) is 5.69 Å². The van der Waals surface area contributed by atoms with Crippen LogP contribution in [0.15, 0.2) is 36.4 Å². The van der Waals surface area contributed by atoms with Crippen LogP contribution in [-0.4, -0.2) is 79.5 Å². The molecule has 0 amide bonds. The fraction of sp³-hybridized carbons (Fsp3) is 0.417. The van der Waals surface area contributed by atoms with E-state index < -0.39 is 11.9 Å². The summed E-state index contributed by atoms with van der Waals surface area (Å²) in [5, 5.41) is 19.1. The maximum atomic E-state index is 9.10. The average molecular weight is 490 g/mol. The van der Waals surface area contributed by atoms with Gasteiger partial charge in [0.25, 0.3) is 0 Å². The number of halogens is 1. The molecule has 0 radical (unpaired) electrons. The van der Waals surface area contributed by atoms with Crippen LogP contribution in [-0.2, 0) is 9.59 Å². The van der Waals surface area contributed by atoms with Crippen LogP contribution in [0.5, 0.6) is 11.5 Å². The molecule has 3 heterocycles. The number of carboxylic acid groups (broad SMARTS) is 2. The van der Waals surface area contributed by atoms with Gasteiger partial charge in [-0.05, 0) is 42.8 Å². The Bertz CT molecular complexity index is 1030. The molecular weight excluding hydrogens is 462 g/mol. The molecule has 10 heteroatoms. The molecule has 0 bridgehead atoms. The summed E-state index contributed by atoms with van der Waals surface area (Å²) < 4.78 is 11.6. The number of para-hydroxylation sites is 1. The standard InChI is InChI=1S/C22H26ClN3O2.C2H2O4/c23-17-4-5-18-16(15-24-19(18)14-17)6-7-25-8-10-26(11-9-25)20-2-1-3-21-22(20)28-13-12-27-21;3-1(4)2(5)6/h1-5,14,16,24H,6-13,15H2;(H,3,4)(H,5,6). The van der Waals surface area contributed by atoms with Crippen molar-refractivity contribution in [2.45, 2.75) is 12.3 Å². The predicted molar refractivity (Wildman–Crippen MR) is 129 cm³/mol. The summed E-state index contributed by atoms with van der Waals surface area (Å²) in [6, 6.07) is 12.4. The molecule has 0 aliphatic carbocycles. The number of hydrogen-bond acceptors (Lipinski definition) is 7. The molecule has 2 aromatic carbocycles. The van der Waals surface area contributed by atoms with E-state index in [0.717, 1.165) is 55.8 Å². The first-order chi connectivity index (χ1) is 16.4. The van der Waals surface area contributed by atoms with Gasteiger partial charge in [-0.1, -0.05) is 23.7 Å². The summed E-state index contributed by atoms with van der Waals surface area (Å²) in [4.78, 5) is 23.2. The Morgan fingerprint density at radius 3 is 2.50 bits per heavy atom. The minimum Gasteiger partial charge on any atom is -0.486 e. The Morgan fingerprint density at radius 1 is 1.03 bits per heavy atom. The van der Waals surface area contributed by atoms with Gasteiger partial charge in [-0.2, -0.15) is 0 Å². The van der Waals surface area contributed by atoms with Gasteiger partial charge in [-0.3, -0.25) is 4.90 Å². The highest BCUT2D eigenvalue weighted by Gasteiger charge is 2.26. The largest absolute Gasteiger partial charge is 0.486 e. The molecule has 9 nitrogen and oxygen atoms in total. The summed E-state index contributed by atoms with van der Waals surface area (Å²) in [6.45, 7) is 7.62. The lowest BCUT2D eigenvalue weighted by Gasteiger charge is -2.37. The van der Waals surface area contributed by atoms with E-state index in [-0.39, 0.29) is 0 Å². The number of hydrogen-bond donors (Lipinski definition) is 3. The van der Waals surface area contributed by atoms with E-state index in [1.165, 1.54) is 23.4 Å². The Kier molecular flexibility index (Phi) is 7.64. The van der Waals surface area contributed by atoms with Crippen molar-refractivity contribution in [1.82, 2.24) is 4.90 Å². The van der Waals surface area contributed by atoms with Gasteiger partial charge in [-0.25, -0.2) is 9.59 Å². The Morgan fingerprint density at radius 2 is 1.76 bits per heavy atom. The minimum absolute atomic E-state index is 0.581. The summed E-state index contributed by atoms with van der Waals surface area (Å²) in [6.07, 6.45) is 1.18. The summed E-state index contributed by atoms with van der Waals surface area (Å²) in [5.74, 6) is -1.28. The number of anilines is 2. The quantitative estimate of drug-likeness (QED) is 0.558. The molecule has 1 saturated heterocycles. The zero-order valence-electron chi connectivity index (χ0n) is 18.7. The van der Waals surface area contributed by atoms with Crippen molar-refractivity contribution in [3.8, 4) is 11.5 Å². The Balaban J connectivity index is 0.000000408. The van der Waals surface area contributed by atoms with Crippen molar-refractivity contribution >= 4 is 34.9 Å². The van der Waals surface area contributed by atoms with Gasteiger partial charge >= 0.3 is 11.9 Å². The first-order valence-corrected chi connectivity index (χ1v) is 11.7. The summed E-state index contributed by atoms with van der Waals surface area (Å²) >= 11 is 6.11. The lowest BCUT2D eigenvalue weighted by Crippen LogP contribution is -2.47. The second kappa shape index (κ2) is 10.8. The number of aliphatic carboxylic acids is 2. The number of fused-ring (bicyclic) bond motifs is 2. The molecule has 34 heavy (non-hydrogen) atoms. The SMILES string of the molecule is Clc1ccc2c(c1)NCC2CCN1CCN(c2cccc3c2OCCO3)CC1.O=C(O)C(=O)O. The van der Waals surface area contributed by atoms with Crippen molar-refractivity contribution in [2.75, 3.05) is 62.7 Å². The lowest BCUT2D eigenvalue weighted by atomic mass is 9.97. The fourth-order valence-electron chi connectivity index (χ4n) is 4.50. The highest BCUT2D eigenvalue weighted by atomic mass is 35.5. The molecule has 0 saturated carbocycles.